The molecule has 1 aromatic heterocycles. The number of rotatable bonds is 9. The standard InChI is InChI=1S/C26H23Cl2N5O5S2/c1-17-3-7-24(8-4-17)40(37,38)33(22-14-19(27)13-20(28)15-22)16-25(34)31-21-5-9-23(10-6-21)39(35,36)32-26-29-12-11-18(2)30-26/h3-15H,16H2,1-2H3,(H,31,34)(H,29,30,32). The minimum Gasteiger partial charge on any atom is -0.325 e. The molecule has 0 aliphatic rings. The van der Waals surface area contributed by atoms with Gasteiger partial charge in [0, 0.05) is 27.6 Å². The third kappa shape index (κ3) is 7.07. The summed E-state index contributed by atoms with van der Waals surface area (Å²) in [6, 6.07) is 17.3. The Morgan fingerprint density at radius 1 is 0.850 bits per heavy atom. The first-order valence-corrected chi connectivity index (χ1v) is 15.3. The zero-order valence-corrected chi connectivity index (χ0v) is 24.3. The van der Waals surface area contributed by atoms with Gasteiger partial charge in [0.2, 0.25) is 11.9 Å². The smallest absolute Gasteiger partial charge is 0.264 e. The lowest BCUT2D eigenvalue weighted by molar-refractivity contribution is -0.114. The number of benzene rings is 3. The van der Waals surface area contributed by atoms with Crippen molar-refractivity contribution in [3.05, 3.63) is 100 Å². The van der Waals surface area contributed by atoms with E-state index in [1.165, 1.54) is 60.8 Å². The van der Waals surface area contributed by atoms with Crippen molar-refractivity contribution in [2.24, 2.45) is 0 Å². The van der Waals surface area contributed by atoms with Crippen molar-refractivity contribution in [1.29, 1.82) is 0 Å². The SMILES string of the molecule is Cc1ccc(S(=O)(=O)N(CC(=O)Nc2ccc(S(=O)(=O)Nc3nccc(C)n3)cc2)c2cc(Cl)cc(Cl)c2)cc1. The molecule has 14 heteroatoms. The van der Waals surface area contributed by atoms with Gasteiger partial charge in [-0.15, -0.1) is 0 Å². The molecule has 4 rings (SSSR count). The van der Waals surface area contributed by atoms with Crippen molar-refractivity contribution in [1.82, 2.24) is 9.97 Å². The van der Waals surface area contributed by atoms with Gasteiger partial charge in [-0.05, 0) is 74.5 Å². The second-order valence-electron chi connectivity index (χ2n) is 8.65. The van der Waals surface area contributed by atoms with Crippen LogP contribution in [0.25, 0.3) is 0 Å². The normalized spacial score (nSPS) is 11.6. The largest absolute Gasteiger partial charge is 0.325 e. The van der Waals surface area contributed by atoms with E-state index in [1.54, 1.807) is 25.1 Å². The van der Waals surface area contributed by atoms with Crippen LogP contribution < -0.4 is 14.3 Å². The van der Waals surface area contributed by atoms with Crippen molar-refractivity contribution in [3.8, 4) is 0 Å². The minimum atomic E-state index is -4.19. The number of sulfonamides is 2. The highest BCUT2D eigenvalue weighted by molar-refractivity contribution is 7.93. The molecule has 0 saturated heterocycles. The van der Waals surface area contributed by atoms with E-state index >= 15 is 0 Å². The number of carbonyl (C=O) groups is 1. The number of hydrogen-bond donors (Lipinski definition) is 2. The number of carbonyl (C=O) groups excluding carboxylic acids is 1. The van der Waals surface area contributed by atoms with Gasteiger partial charge in [0.1, 0.15) is 6.54 Å². The third-order valence-corrected chi connectivity index (χ3v) is 9.07. The molecule has 208 valence electrons. The Labute approximate surface area is 242 Å². The number of nitrogens with one attached hydrogen (secondary N) is 2. The highest BCUT2D eigenvalue weighted by Crippen LogP contribution is 2.30. The van der Waals surface area contributed by atoms with Crippen LogP contribution in [0.3, 0.4) is 0 Å². The molecule has 2 N–H and O–H groups in total. The Balaban J connectivity index is 1.55. The van der Waals surface area contributed by atoms with Crippen molar-refractivity contribution < 1.29 is 21.6 Å². The minimum absolute atomic E-state index is 0.0263. The maximum Gasteiger partial charge on any atom is 0.264 e. The molecule has 0 unspecified atom stereocenters. The van der Waals surface area contributed by atoms with E-state index in [2.05, 4.69) is 20.0 Å². The lowest BCUT2D eigenvalue weighted by atomic mass is 10.2. The van der Waals surface area contributed by atoms with E-state index in [9.17, 15) is 21.6 Å². The molecular weight excluding hydrogens is 597 g/mol. The Hall–Kier alpha value is -3.71. The van der Waals surface area contributed by atoms with Crippen LogP contribution in [0.1, 0.15) is 11.3 Å². The summed E-state index contributed by atoms with van der Waals surface area (Å²) in [5, 5.41) is 2.97. The van der Waals surface area contributed by atoms with E-state index in [-0.39, 0.29) is 37.2 Å². The van der Waals surface area contributed by atoms with Gasteiger partial charge in [0.15, 0.2) is 0 Å². The van der Waals surface area contributed by atoms with Crippen molar-refractivity contribution in [2.45, 2.75) is 23.6 Å². The van der Waals surface area contributed by atoms with Gasteiger partial charge in [-0.2, -0.15) is 0 Å². The predicted octanol–water partition coefficient (Wildman–Crippen LogP) is 5.04. The lowest BCUT2D eigenvalue weighted by Gasteiger charge is -2.24. The quantitative estimate of drug-likeness (QED) is 0.268. The van der Waals surface area contributed by atoms with E-state index in [4.69, 9.17) is 23.2 Å². The van der Waals surface area contributed by atoms with E-state index in [0.29, 0.717) is 5.69 Å². The maximum atomic E-state index is 13.6. The number of amides is 1. The number of halogens is 2. The van der Waals surface area contributed by atoms with E-state index < -0.39 is 32.5 Å². The lowest BCUT2D eigenvalue weighted by Crippen LogP contribution is -2.38. The Kier molecular flexibility index (Phi) is 8.64. The van der Waals surface area contributed by atoms with Gasteiger partial charge in [-0.25, -0.2) is 31.5 Å². The molecule has 1 heterocycles. The second-order valence-corrected chi connectivity index (χ2v) is 13.1. The molecule has 1 amide bonds. The molecule has 0 bridgehead atoms. The first-order chi connectivity index (χ1) is 18.8. The fourth-order valence-electron chi connectivity index (χ4n) is 3.56. The van der Waals surface area contributed by atoms with Gasteiger partial charge in [-0.1, -0.05) is 40.9 Å². The van der Waals surface area contributed by atoms with Gasteiger partial charge >= 0.3 is 0 Å². The molecule has 10 nitrogen and oxygen atoms in total. The predicted molar refractivity (Wildman–Crippen MR) is 155 cm³/mol. The van der Waals surface area contributed by atoms with Crippen LogP contribution >= 0.6 is 23.2 Å². The summed E-state index contributed by atoms with van der Waals surface area (Å²) in [5.74, 6) is -0.762. The molecule has 0 atom stereocenters. The fourth-order valence-corrected chi connectivity index (χ4v) is 6.43. The zero-order valence-electron chi connectivity index (χ0n) is 21.2. The number of aryl methyl sites for hydroxylation is 2. The zero-order chi connectivity index (χ0) is 29.1. The molecule has 40 heavy (non-hydrogen) atoms. The Morgan fingerprint density at radius 2 is 1.45 bits per heavy atom. The topological polar surface area (TPSA) is 138 Å². The number of nitrogens with zero attached hydrogens (tertiary/aromatic N) is 3. The van der Waals surface area contributed by atoms with Crippen LogP contribution in [-0.4, -0.2) is 39.3 Å². The van der Waals surface area contributed by atoms with Crippen LogP contribution in [-0.2, 0) is 24.8 Å². The van der Waals surface area contributed by atoms with Crippen molar-refractivity contribution in [3.63, 3.8) is 0 Å². The summed E-state index contributed by atoms with van der Waals surface area (Å²) >= 11 is 12.2. The van der Waals surface area contributed by atoms with Gasteiger partial charge in [-0.3, -0.25) is 9.10 Å². The summed E-state index contributed by atoms with van der Waals surface area (Å²) in [6.45, 7) is 2.91. The molecule has 3 aromatic carbocycles. The van der Waals surface area contributed by atoms with Crippen LogP contribution in [0.4, 0.5) is 17.3 Å². The summed E-state index contributed by atoms with van der Waals surface area (Å²) in [4.78, 5) is 20.8. The fraction of sp³-hybridized carbons (Fsp3) is 0.115. The molecule has 0 radical (unpaired) electrons. The molecule has 0 aliphatic carbocycles. The first kappa shape index (κ1) is 29.3. The summed E-state index contributed by atoms with van der Waals surface area (Å²) in [6.07, 6.45) is 1.43. The number of aromatic nitrogens is 2. The van der Waals surface area contributed by atoms with Gasteiger partial charge in [0.05, 0.1) is 15.5 Å². The highest BCUT2D eigenvalue weighted by Gasteiger charge is 2.28. The molecule has 0 fully saturated rings. The first-order valence-electron chi connectivity index (χ1n) is 11.6. The molecule has 0 saturated carbocycles. The third-order valence-electron chi connectivity index (χ3n) is 5.50. The van der Waals surface area contributed by atoms with Crippen LogP contribution in [0.15, 0.2) is 88.8 Å². The Morgan fingerprint density at radius 3 is 2.05 bits per heavy atom. The average Bonchev–Trinajstić information content (AvgIpc) is 2.87. The molecular formula is C26H23Cl2N5O5S2. The maximum absolute atomic E-state index is 13.6. The van der Waals surface area contributed by atoms with E-state index in [0.717, 1.165) is 9.87 Å². The summed E-state index contributed by atoms with van der Waals surface area (Å²) < 4.78 is 55.7. The van der Waals surface area contributed by atoms with Crippen molar-refractivity contribution >= 4 is 66.5 Å². The average molecular weight is 621 g/mol. The monoisotopic (exact) mass is 619 g/mol. The number of anilines is 3. The van der Waals surface area contributed by atoms with Crippen molar-refractivity contribution in [2.75, 3.05) is 20.9 Å². The summed E-state index contributed by atoms with van der Waals surface area (Å²) in [7, 11) is -8.19. The molecule has 4 aromatic rings. The van der Waals surface area contributed by atoms with Crippen LogP contribution in [0, 0.1) is 13.8 Å². The molecule has 0 aliphatic heterocycles. The highest BCUT2D eigenvalue weighted by atomic mass is 35.5. The molecule has 0 spiro atoms. The number of hydrogen-bond acceptors (Lipinski definition) is 7. The van der Waals surface area contributed by atoms with E-state index in [1.807, 2.05) is 6.92 Å². The van der Waals surface area contributed by atoms with Crippen LogP contribution in [0.2, 0.25) is 10.0 Å². The second kappa shape index (κ2) is 11.8. The van der Waals surface area contributed by atoms with Gasteiger partial charge in [0.25, 0.3) is 20.0 Å². The summed E-state index contributed by atoms with van der Waals surface area (Å²) in [5.41, 5.74) is 1.79. The van der Waals surface area contributed by atoms with Gasteiger partial charge < -0.3 is 5.32 Å². The Bertz CT molecular complexity index is 1750. The van der Waals surface area contributed by atoms with Crippen LogP contribution in [0.5, 0.6) is 0 Å².